The highest BCUT2D eigenvalue weighted by molar-refractivity contribution is 6.02. The minimum Gasteiger partial charge on any atom is -0.466 e. The lowest BCUT2D eigenvalue weighted by Crippen LogP contribution is -2.38. The van der Waals surface area contributed by atoms with E-state index in [1.807, 2.05) is 32.9 Å². The normalized spacial score (nSPS) is 15.6. The van der Waals surface area contributed by atoms with Gasteiger partial charge in [-0.05, 0) is 44.7 Å². The molecular weight excluding hydrogens is 316 g/mol. The molecular formula is C20H28N2O3. The number of esters is 1. The summed E-state index contributed by atoms with van der Waals surface area (Å²) in [7, 11) is 1.30. The lowest BCUT2D eigenvalue weighted by Gasteiger charge is -2.24. The van der Waals surface area contributed by atoms with Crippen molar-refractivity contribution in [3.63, 3.8) is 0 Å². The Labute approximate surface area is 149 Å². The fraction of sp³-hybridized carbons (Fsp3) is 0.500. The van der Waals surface area contributed by atoms with E-state index in [-0.39, 0.29) is 17.6 Å². The van der Waals surface area contributed by atoms with Crippen LogP contribution in [0.15, 0.2) is 23.9 Å². The number of ether oxygens (including phenoxy) is 1. The molecule has 2 rings (SSSR count). The topological polar surface area (TPSA) is 67.4 Å². The molecule has 5 heteroatoms. The highest BCUT2D eigenvalue weighted by atomic mass is 16.5. The maximum absolute atomic E-state index is 12.7. The molecule has 25 heavy (non-hydrogen) atoms. The third-order valence-electron chi connectivity index (χ3n) is 4.59. The van der Waals surface area contributed by atoms with Crippen LogP contribution in [0.5, 0.6) is 0 Å². The molecule has 1 aliphatic carbocycles. The molecule has 0 aromatic heterocycles. The smallest absolute Gasteiger partial charge is 0.332 e. The lowest BCUT2D eigenvalue weighted by atomic mass is 9.95. The molecule has 0 atom stereocenters. The zero-order chi connectivity index (χ0) is 18.4. The first-order valence-electron chi connectivity index (χ1n) is 8.86. The van der Waals surface area contributed by atoms with Gasteiger partial charge in [0.15, 0.2) is 0 Å². The average molecular weight is 344 g/mol. The molecule has 5 nitrogen and oxygen atoms in total. The zero-order valence-electron chi connectivity index (χ0n) is 15.6. The SMILES string of the molecule is COC(=O)/C=C(\Nc1c(C)cc(C)cc1C)C(=O)NC1CCCCC1. The molecule has 0 aliphatic heterocycles. The Morgan fingerprint density at radius 2 is 1.68 bits per heavy atom. The summed E-state index contributed by atoms with van der Waals surface area (Å²) in [5, 5.41) is 6.19. The van der Waals surface area contributed by atoms with Gasteiger partial charge in [-0.2, -0.15) is 0 Å². The van der Waals surface area contributed by atoms with E-state index >= 15 is 0 Å². The third-order valence-corrected chi connectivity index (χ3v) is 4.59. The van der Waals surface area contributed by atoms with Gasteiger partial charge in [0.05, 0.1) is 13.2 Å². The molecule has 1 saturated carbocycles. The molecule has 1 aromatic carbocycles. The van der Waals surface area contributed by atoms with Crippen LogP contribution >= 0.6 is 0 Å². The summed E-state index contributed by atoms with van der Waals surface area (Å²) in [5.74, 6) is -0.819. The van der Waals surface area contributed by atoms with Gasteiger partial charge in [-0.3, -0.25) is 4.79 Å². The first-order valence-corrected chi connectivity index (χ1v) is 8.86. The third kappa shape index (κ3) is 5.34. The number of hydrogen-bond donors (Lipinski definition) is 2. The van der Waals surface area contributed by atoms with Crippen molar-refractivity contribution in [3.8, 4) is 0 Å². The standard InChI is InChI=1S/C20H28N2O3/c1-13-10-14(2)19(15(3)11-13)22-17(12-18(23)25-4)20(24)21-16-8-6-5-7-9-16/h10-12,16,22H,5-9H2,1-4H3,(H,21,24)/b17-12-. The minimum atomic E-state index is -0.552. The molecule has 136 valence electrons. The number of hydrogen-bond acceptors (Lipinski definition) is 4. The van der Waals surface area contributed by atoms with E-state index in [4.69, 9.17) is 4.74 Å². The van der Waals surface area contributed by atoms with Gasteiger partial charge >= 0.3 is 5.97 Å². The van der Waals surface area contributed by atoms with Gasteiger partial charge in [0, 0.05) is 11.7 Å². The Morgan fingerprint density at radius 1 is 1.08 bits per heavy atom. The van der Waals surface area contributed by atoms with Crippen LogP contribution in [0.4, 0.5) is 5.69 Å². The van der Waals surface area contributed by atoms with E-state index in [0.29, 0.717) is 0 Å². The maximum Gasteiger partial charge on any atom is 0.332 e. The minimum absolute atomic E-state index is 0.171. The quantitative estimate of drug-likeness (QED) is 0.633. The molecule has 0 unspecified atom stereocenters. The molecule has 2 N–H and O–H groups in total. The summed E-state index contributed by atoms with van der Waals surface area (Å²) in [4.78, 5) is 24.4. The fourth-order valence-electron chi connectivity index (χ4n) is 3.36. The maximum atomic E-state index is 12.7. The highest BCUT2D eigenvalue weighted by Crippen LogP contribution is 2.24. The van der Waals surface area contributed by atoms with E-state index in [9.17, 15) is 9.59 Å². The van der Waals surface area contributed by atoms with Gasteiger partial charge in [0.2, 0.25) is 0 Å². The molecule has 0 spiro atoms. The van der Waals surface area contributed by atoms with Gasteiger partial charge in [-0.1, -0.05) is 37.0 Å². The number of rotatable bonds is 5. The predicted octanol–water partition coefficient (Wildman–Crippen LogP) is 3.53. The van der Waals surface area contributed by atoms with Crippen LogP contribution < -0.4 is 10.6 Å². The molecule has 1 amide bonds. The van der Waals surface area contributed by atoms with Gasteiger partial charge in [0.1, 0.15) is 5.70 Å². The number of carbonyl (C=O) groups is 2. The molecule has 0 heterocycles. The molecule has 0 radical (unpaired) electrons. The Morgan fingerprint density at radius 3 is 2.24 bits per heavy atom. The number of carbonyl (C=O) groups excluding carboxylic acids is 2. The predicted molar refractivity (Wildman–Crippen MR) is 99.4 cm³/mol. The lowest BCUT2D eigenvalue weighted by molar-refractivity contribution is -0.135. The van der Waals surface area contributed by atoms with Crippen LogP contribution in [0.25, 0.3) is 0 Å². The second-order valence-electron chi connectivity index (χ2n) is 6.79. The zero-order valence-corrected chi connectivity index (χ0v) is 15.6. The Bertz CT molecular complexity index is 651. The van der Waals surface area contributed by atoms with Gasteiger partial charge in [-0.25, -0.2) is 4.79 Å². The average Bonchev–Trinajstić information content (AvgIpc) is 2.57. The largest absolute Gasteiger partial charge is 0.466 e. The van der Waals surface area contributed by atoms with Gasteiger partial charge < -0.3 is 15.4 Å². The van der Waals surface area contributed by atoms with Crippen molar-refractivity contribution in [2.75, 3.05) is 12.4 Å². The van der Waals surface area contributed by atoms with Crippen molar-refractivity contribution >= 4 is 17.6 Å². The second kappa shape index (κ2) is 8.70. The number of anilines is 1. The van der Waals surface area contributed by atoms with E-state index in [2.05, 4.69) is 10.6 Å². The van der Waals surface area contributed by atoms with Crippen molar-refractivity contribution in [2.24, 2.45) is 0 Å². The summed E-state index contributed by atoms with van der Waals surface area (Å²) in [6, 6.07) is 4.26. The number of methoxy groups -OCH3 is 1. The van der Waals surface area contributed by atoms with Crippen LogP contribution in [-0.2, 0) is 14.3 Å². The van der Waals surface area contributed by atoms with Gasteiger partial charge in [-0.15, -0.1) is 0 Å². The van der Waals surface area contributed by atoms with Crippen LogP contribution in [0.3, 0.4) is 0 Å². The van der Waals surface area contributed by atoms with Crippen molar-refractivity contribution in [2.45, 2.75) is 58.9 Å². The van der Waals surface area contributed by atoms with Crippen LogP contribution in [0, 0.1) is 20.8 Å². The first-order chi connectivity index (χ1) is 11.9. The van der Waals surface area contributed by atoms with Crippen molar-refractivity contribution in [3.05, 3.63) is 40.6 Å². The molecule has 1 fully saturated rings. The summed E-state index contributed by atoms with van der Waals surface area (Å²) in [6.07, 6.45) is 6.67. The highest BCUT2D eigenvalue weighted by Gasteiger charge is 2.20. The Hall–Kier alpha value is -2.30. The summed E-state index contributed by atoms with van der Waals surface area (Å²) >= 11 is 0. The van der Waals surface area contributed by atoms with E-state index in [1.165, 1.54) is 19.6 Å². The number of amides is 1. The number of aryl methyl sites for hydroxylation is 3. The van der Waals surface area contributed by atoms with Crippen LogP contribution in [0.2, 0.25) is 0 Å². The second-order valence-corrected chi connectivity index (χ2v) is 6.79. The molecule has 0 bridgehead atoms. The fourth-order valence-corrected chi connectivity index (χ4v) is 3.36. The Kier molecular flexibility index (Phi) is 6.62. The van der Waals surface area contributed by atoms with Crippen molar-refractivity contribution in [1.82, 2.24) is 5.32 Å². The van der Waals surface area contributed by atoms with Crippen molar-refractivity contribution in [1.29, 1.82) is 0 Å². The summed E-state index contributed by atoms with van der Waals surface area (Å²) in [5.41, 5.74) is 4.27. The van der Waals surface area contributed by atoms with Crippen molar-refractivity contribution < 1.29 is 14.3 Å². The monoisotopic (exact) mass is 344 g/mol. The first kappa shape index (κ1) is 19.0. The van der Waals surface area contributed by atoms with Gasteiger partial charge in [0.25, 0.3) is 5.91 Å². The van der Waals surface area contributed by atoms with E-state index < -0.39 is 5.97 Å². The summed E-state index contributed by atoms with van der Waals surface area (Å²) < 4.78 is 4.70. The van der Waals surface area contributed by atoms with Crippen LogP contribution in [-0.4, -0.2) is 25.0 Å². The summed E-state index contributed by atoms with van der Waals surface area (Å²) in [6.45, 7) is 6.00. The molecule has 0 saturated heterocycles. The van der Waals surface area contributed by atoms with E-state index in [1.54, 1.807) is 0 Å². The molecule has 1 aliphatic rings. The molecule has 1 aromatic rings. The Balaban J connectivity index is 2.22. The van der Waals surface area contributed by atoms with Crippen LogP contribution in [0.1, 0.15) is 48.8 Å². The number of nitrogens with one attached hydrogen (secondary N) is 2. The number of benzene rings is 1. The van der Waals surface area contributed by atoms with E-state index in [0.717, 1.165) is 48.1 Å².